The summed E-state index contributed by atoms with van der Waals surface area (Å²) < 4.78 is 20.9. The van der Waals surface area contributed by atoms with Crippen molar-refractivity contribution in [2.75, 3.05) is 5.32 Å². The van der Waals surface area contributed by atoms with Crippen LogP contribution in [-0.2, 0) is 34.9 Å². The number of anilines is 1. The van der Waals surface area contributed by atoms with Crippen molar-refractivity contribution >= 4 is 28.7 Å². The van der Waals surface area contributed by atoms with Gasteiger partial charge >= 0.3 is 12.1 Å². The largest absolute Gasteiger partial charge is 0.465 e. The molecule has 11 heteroatoms. The zero-order chi connectivity index (χ0) is 23.7. The van der Waals surface area contributed by atoms with E-state index in [1.165, 1.54) is 16.7 Å². The first-order chi connectivity index (χ1) is 15.7. The fraction of sp³-hybridized carbons (Fsp3) is 0.273. The van der Waals surface area contributed by atoms with E-state index < -0.39 is 35.6 Å². The van der Waals surface area contributed by atoms with Gasteiger partial charge < -0.3 is 24.6 Å². The van der Waals surface area contributed by atoms with Gasteiger partial charge in [-0.2, -0.15) is 0 Å². The van der Waals surface area contributed by atoms with Gasteiger partial charge in [-0.05, 0) is 24.1 Å². The summed E-state index contributed by atoms with van der Waals surface area (Å²) in [6, 6.07) is 3.80. The minimum atomic E-state index is -1.98. The minimum Gasteiger partial charge on any atom is -0.465 e. The molecule has 0 unspecified atom stereocenters. The van der Waals surface area contributed by atoms with Crippen LogP contribution in [0.5, 0.6) is 0 Å². The number of hydrogen-bond donors (Lipinski definition) is 4. The molecule has 33 heavy (non-hydrogen) atoms. The Bertz CT molecular complexity index is 1450. The fourth-order valence-electron chi connectivity index (χ4n) is 4.58. The summed E-state index contributed by atoms with van der Waals surface area (Å²) >= 11 is 0. The molecule has 2 aromatic heterocycles. The summed E-state index contributed by atoms with van der Waals surface area (Å²) in [7, 11) is 0. The van der Waals surface area contributed by atoms with E-state index in [0.29, 0.717) is 27.9 Å². The number of rotatable bonds is 3. The van der Waals surface area contributed by atoms with Crippen LogP contribution in [-0.4, -0.2) is 36.9 Å². The van der Waals surface area contributed by atoms with Crippen molar-refractivity contribution in [3.05, 3.63) is 56.6 Å². The van der Waals surface area contributed by atoms with Crippen molar-refractivity contribution in [2.45, 2.75) is 38.7 Å². The number of pyridine rings is 2. The Kier molecular flexibility index (Phi) is 4.52. The van der Waals surface area contributed by atoms with Crippen molar-refractivity contribution in [3.63, 3.8) is 0 Å². The number of aromatic nitrogens is 2. The minimum absolute atomic E-state index is 0.00775. The van der Waals surface area contributed by atoms with E-state index in [0.717, 1.165) is 6.07 Å². The maximum Gasteiger partial charge on any atom is 0.409 e. The maximum atomic E-state index is 14.5. The molecule has 0 spiro atoms. The van der Waals surface area contributed by atoms with Gasteiger partial charge in [0.2, 0.25) is 0 Å². The molecular formula is C22H18FN3O7. The van der Waals surface area contributed by atoms with Crippen LogP contribution >= 0.6 is 0 Å². The number of carboxylic acid groups (broad SMARTS) is 1. The first-order valence-corrected chi connectivity index (χ1v) is 10.1. The van der Waals surface area contributed by atoms with Gasteiger partial charge in [-0.1, -0.05) is 6.92 Å². The number of carbonyl (C=O) groups is 2. The topological polar surface area (TPSA) is 151 Å². The molecule has 0 bridgehead atoms. The lowest BCUT2D eigenvalue weighted by Crippen LogP contribution is -2.44. The quantitative estimate of drug-likeness (QED) is 0.342. The molecule has 0 aliphatic carbocycles. The summed E-state index contributed by atoms with van der Waals surface area (Å²) in [5, 5.41) is 32.3. The molecule has 0 radical (unpaired) electrons. The van der Waals surface area contributed by atoms with Gasteiger partial charge in [0.1, 0.15) is 12.4 Å². The molecule has 5 rings (SSSR count). The van der Waals surface area contributed by atoms with Crippen LogP contribution in [0.4, 0.5) is 14.9 Å². The van der Waals surface area contributed by atoms with Crippen molar-refractivity contribution in [1.82, 2.24) is 9.55 Å². The standard InChI is InChI=1S/C22H18FN3O7/c1-2-22(32)13-4-17-18-10(6-26(17)19(28)12(13)8-33-20(22)29)11(7-27)9-3-16(25-21(30)31)14(23)5-15(9)24-18/h3-5,25,27,32H,2,6-8H2,1H3,(H,30,31)/t22-/m0/s1. The highest BCUT2D eigenvalue weighted by Gasteiger charge is 2.45. The highest BCUT2D eigenvalue weighted by atomic mass is 19.1. The number of nitrogens with one attached hydrogen (secondary N) is 1. The van der Waals surface area contributed by atoms with Gasteiger partial charge in [0.05, 0.1) is 41.3 Å². The molecule has 10 nitrogen and oxygen atoms in total. The molecule has 170 valence electrons. The number of amides is 1. The Morgan fingerprint density at radius 2 is 2.06 bits per heavy atom. The van der Waals surface area contributed by atoms with E-state index in [2.05, 4.69) is 4.98 Å². The number of carbonyl (C=O) groups excluding carboxylic acids is 1. The number of hydrogen-bond acceptors (Lipinski definition) is 7. The van der Waals surface area contributed by atoms with Gasteiger partial charge in [0.25, 0.3) is 5.56 Å². The third kappa shape index (κ3) is 2.86. The molecule has 2 aliphatic heterocycles. The molecule has 4 heterocycles. The summed E-state index contributed by atoms with van der Waals surface area (Å²) in [6.07, 6.45) is -1.45. The Hall–Kier alpha value is -3.83. The van der Waals surface area contributed by atoms with Gasteiger partial charge in [-0.25, -0.2) is 19.0 Å². The number of aliphatic hydroxyl groups excluding tert-OH is 1. The number of fused-ring (bicyclic) bond motifs is 5. The Morgan fingerprint density at radius 3 is 2.73 bits per heavy atom. The second-order valence-corrected chi connectivity index (χ2v) is 7.96. The first kappa shape index (κ1) is 21.0. The number of aliphatic hydroxyl groups is 2. The second kappa shape index (κ2) is 7.09. The highest BCUT2D eigenvalue weighted by Crippen LogP contribution is 2.40. The third-order valence-corrected chi connectivity index (χ3v) is 6.29. The molecule has 1 amide bonds. The van der Waals surface area contributed by atoms with E-state index in [1.54, 1.807) is 6.92 Å². The van der Waals surface area contributed by atoms with Gasteiger partial charge in [0.15, 0.2) is 5.60 Å². The van der Waals surface area contributed by atoms with E-state index in [4.69, 9.17) is 9.84 Å². The van der Waals surface area contributed by atoms with Gasteiger partial charge in [0, 0.05) is 22.6 Å². The van der Waals surface area contributed by atoms with Crippen LogP contribution in [0.2, 0.25) is 0 Å². The number of cyclic esters (lactones) is 1. The summed E-state index contributed by atoms with van der Waals surface area (Å²) in [5.41, 5.74) is -0.796. The number of esters is 1. The van der Waals surface area contributed by atoms with E-state index in [-0.39, 0.29) is 41.9 Å². The Balaban J connectivity index is 1.79. The molecule has 0 saturated heterocycles. The van der Waals surface area contributed by atoms with Gasteiger partial charge in [-0.3, -0.25) is 10.1 Å². The van der Waals surface area contributed by atoms with Crippen LogP contribution in [0.1, 0.15) is 35.6 Å². The monoisotopic (exact) mass is 455 g/mol. The second-order valence-electron chi connectivity index (χ2n) is 7.96. The van der Waals surface area contributed by atoms with Gasteiger partial charge in [-0.15, -0.1) is 0 Å². The number of nitrogens with zero attached hydrogens (tertiary/aromatic N) is 2. The van der Waals surface area contributed by atoms with Crippen molar-refractivity contribution in [1.29, 1.82) is 0 Å². The van der Waals surface area contributed by atoms with E-state index in [9.17, 15) is 29.0 Å². The van der Waals surface area contributed by atoms with Crippen LogP contribution in [0.15, 0.2) is 23.0 Å². The predicted octanol–water partition coefficient (Wildman–Crippen LogP) is 1.80. The van der Waals surface area contributed by atoms with Crippen molar-refractivity contribution < 1.29 is 34.0 Å². The average molecular weight is 455 g/mol. The molecule has 4 N–H and O–H groups in total. The SMILES string of the molecule is CC[C@@]1(O)C(=O)OCc2c1cc1n(c2=O)Cc2c-1nc1cc(F)c(NC(=O)O)cc1c2CO. The summed E-state index contributed by atoms with van der Waals surface area (Å²) in [5.74, 6) is -1.70. The predicted molar refractivity (Wildman–Crippen MR) is 112 cm³/mol. The molecule has 1 aromatic carbocycles. The number of halogens is 1. The van der Waals surface area contributed by atoms with Crippen molar-refractivity contribution in [2.24, 2.45) is 0 Å². The third-order valence-electron chi connectivity index (χ3n) is 6.29. The maximum absolute atomic E-state index is 14.5. The number of benzene rings is 1. The molecule has 3 aromatic rings. The lowest BCUT2D eigenvalue weighted by molar-refractivity contribution is -0.172. The van der Waals surface area contributed by atoms with E-state index in [1.807, 2.05) is 5.32 Å². The molecular weight excluding hydrogens is 437 g/mol. The molecule has 2 aliphatic rings. The molecule has 1 atom stereocenters. The smallest absolute Gasteiger partial charge is 0.409 e. The zero-order valence-corrected chi connectivity index (χ0v) is 17.3. The zero-order valence-electron chi connectivity index (χ0n) is 17.3. The Morgan fingerprint density at radius 1 is 1.30 bits per heavy atom. The summed E-state index contributed by atoms with van der Waals surface area (Å²) in [6.45, 7) is 0.898. The Labute approximate surface area is 184 Å². The lowest BCUT2D eigenvalue weighted by atomic mass is 9.86. The number of ether oxygens (including phenoxy) is 1. The summed E-state index contributed by atoms with van der Waals surface area (Å²) in [4.78, 5) is 41.0. The van der Waals surface area contributed by atoms with Crippen molar-refractivity contribution in [3.8, 4) is 11.4 Å². The first-order valence-electron chi connectivity index (χ1n) is 10.1. The van der Waals surface area contributed by atoms with Crippen LogP contribution in [0.3, 0.4) is 0 Å². The van der Waals surface area contributed by atoms with Crippen LogP contribution in [0.25, 0.3) is 22.3 Å². The lowest BCUT2D eigenvalue weighted by Gasteiger charge is -2.31. The average Bonchev–Trinajstić information content (AvgIpc) is 3.14. The highest BCUT2D eigenvalue weighted by molar-refractivity contribution is 5.93. The normalized spacial score (nSPS) is 18.5. The van der Waals surface area contributed by atoms with E-state index >= 15 is 0 Å². The van der Waals surface area contributed by atoms with Crippen LogP contribution in [0, 0.1) is 5.82 Å². The molecule has 0 saturated carbocycles. The van der Waals surface area contributed by atoms with Crippen LogP contribution < -0.4 is 10.9 Å². The fourth-order valence-corrected chi connectivity index (χ4v) is 4.58. The molecule has 0 fully saturated rings.